The molecule has 8 nitrogen and oxygen atoms in total. The molecule has 1 saturated heterocycles. The van der Waals surface area contributed by atoms with Crippen molar-refractivity contribution in [2.24, 2.45) is 0 Å². The van der Waals surface area contributed by atoms with Gasteiger partial charge in [-0.1, -0.05) is 102 Å². The Morgan fingerprint density at radius 3 is 2.30 bits per heavy atom. The maximum Gasteiger partial charge on any atom is 0.301 e. The number of ether oxygens (including phenoxy) is 2. The van der Waals surface area contributed by atoms with Gasteiger partial charge in [-0.25, -0.2) is 0 Å². The van der Waals surface area contributed by atoms with E-state index >= 15 is 0 Å². The van der Waals surface area contributed by atoms with Gasteiger partial charge >= 0.3 is 5.91 Å². The van der Waals surface area contributed by atoms with Crippen LogP contribution in [0.15, 0.2) is 113 Å². The maximum absolute atomic E-state index is 13.7. The number of hydrogen-bond acceptors (Lipinski definition) is 9. The van der Waals surface area contributed by atoms with Crippen LogP contribution in [0.4, 0.5) is 5.13 Å². The molecule has 1 aromatic heterocycles. The summed E-state index contributed by atoms with van der Waals surface area (Å²) in [6.45, 7) is 2.96. The van der Waals surface area contributed by atoms with Crippen molar-refractivity contribution >= 4 is 57.3 Å². The molecule has 0 spiro atoms. The van der Waals surface area contributed by atoms with Crippen LogP contribution in [0, 0.1) is 0 Å². The molecule has 1 aliphatic heterocycles. The highest BCUT2D eigenvalue weighted by atomic mass is 35.5. The van der Waals surface area contributed by atoms with E-state index in [2.05, 4.69) is 10.2 Å². The zero-order valence-corrected chi connectivity index (χ0v) is 27.7. The van der Waals surface area contributed by atoms with Crippen LogP contribution in [0.25, 0.3) is 5.76 Å². The van der Waals surface area contributed by atoms with Crippen molar-refractivity contribution < 1.29 is 24.2 Å². The number of carbonyl (C=O) groups excluding carboxylic acids is 2. The van der Waals surface area contributed by atoms with E-state index in [0.29, 0.717) is 51.0 Å². The van der Waals surface area contributed by atoms with Gasteiger partial charge in [0.05, 0.1) is 18.2 Å². The number of rotatable bonds is 12. The summed E-state index contributed by atoms with van der Waals surface area (Å²) in [4.78, 5) is 28.6. The molecule has 47 heavy (non-hydrogen) atoms. The van der Waals surface area contributed by atoms with E-state index in [4.69, 9.17) is 21.1 Å². The minimum absolute atomic E-state index is 0.0457. The summed E-state index contributed by atoms with van der Waals surface area (Å²) >= 11 is 8.95. The summed E-state index contributed by atoms with van der Waals surface area (Å²) in [5.74, 6) is -0.0982. The predicted molar refractivity (Wildman–Crippen MR) is 185 cm³/mol. The number of aromatic nitrogens is 2. The molecule has 0 radical (unpaired) electrons. The molecule has 1 fully saturated rings. The summed E-state index contributed by atoms with van der Waals surface area (Å²) in [7, 11) is 0. The first-order valence-electron chi connectivity index (χ1n) is 14.9. The van der Waals surface area contributed by atoms with Gasteiger partial charge in [-0.3, -0.25) is 14.5 Å². The molecule has 1 N–H and O–H groups in total. The Morgan fingerprint density at radius 2 is 1.57 bits per heavy atom. The first-order chi connectivity index (χ1) is 22.9. The van der Waals surface area contributed by atoms with Crippen LogP contribution >= 0.6 is 34.7 Å². The second-order valence-electron chi connectivity index (χ2n) is 10.6. The smallest absolute Gasteiger partial charge is 0.301 e. The van der Waals surface area contributed by atoms with Crippen molar-refractivity contribution in [1.29, 1.82) is 0 Å². The van der Waals surface area contributed by atoms with Crippen LogP contribution in [-0.2, 0) is 21.9 Å². The van der Waals surface area contributed by atoms with E-state index in [1.54, 1.807) is 48.5 Å². The van der Waals surface area contributed by atoms with Crippen molar-refractivity contribution in [1.82, 2.24) is 10.2 Å². The number of halogens is 1. The van der Waals surface area contributed by atoms with Crippen LogP contribution in [0.1, 0.15) is 41.6 Å². The number of aliphatic hydroxyl groups excluding tert-OH is 1. The molecule has 1 aliphatic rings. The number of nitrogens with zero attached hydrogens (tertiary/aromatic N) is 3. The van der Waals surface area contributed by atoms with Crippen molar-refractivity contribution in [2.45, 2.75) is 36.1 Å². The lowest BCUT2D eigenvalue weighted by molar-refractivity contribution is -0.132. The van der Waals surface area contributed by atoms with Crippen molar-refractivity contribution in [3.05, 3.63) is 136 Å². The number of ketones is 1. The summed E-state index contributed by atoms with van der Waals surface area (Å²) in [5, 5.41) is 21.0. The van der Waals surface area contributed by atoms with E-state index in [9.17, 15) is 14.7 Å². The van der Waals surface area contributed by atoms with E-state index in [0.717, 1.165) is 17.5 Å². The largest absolute Gasteiger partial charge is 0.507 e. The van der Waals surface area contributed by atoms with Crippen LogP contribution < -0.4 is 14.4 Å². The van der Waals surface area contributed by atoms with E-state index in [1.165, 1.54) is 28.0 Å². The zero-order chi connectivity index (χ0) is 32.8. The second kappa shape index (κ2) is 14.8. The molecule has 0 aliphatic carbocycles. The first-order valence-corrected chi connectivity index (χ1v) is 17.1. The number of benzene rings is 4. The van der Waals surface area contributed by atoms with E-state index in [1.807, 2.05) is 61.5 Å². The van der Waals surface area contributed by atoms with Crippen LogP contribution in [0.3, 0.4) is 0 Å². The third-order valence-electron chi connectivity index (χ3n) is 7.40. The minimum atomic E-state index is -0.955. The van der Waals surface area contributed by atoms with Crippen LogP contribution in [0.5, 0.6) is 11.5 Å². The zero-order valence-electron chi connectivity index (χ0n) is 25.3. The number of Topliss-reactive ketones (excluding diaryl/α,β-unsaturated/α-hetero) is 1. The lowest BCUT2D eigenvalue weighted by atomic mass is 9.95. The fourth-order valence-corrected chi connectivity index (χ4v) is 7.18. The SMILES string of the molecule is CCCOc1ccc(/C(O)=C2/C(=O)C(=O)N(c3nnc(SCc4ccccc4Cl)s3)C2c2ccc(OCc3ccccc3)cc2)cc1. The Bertz CT molecular complexity index is 1900. The molecular weight excluding hydrogens is 654 g/mol. The number of aliphatic hydroxyl groups is 1. The molecule has 2 heterocycles. The Morgan fingerprint density at radius 1 is 0.894 bits per heavy atom. The van der Waals surface area contributed by atoms with Gasteiger partial charge in [-0.2, -0.15) is 0 Å². The molecule has 238 valence electrons. The van der Waals surface area contributed by atoms with E-state index < -0.39 is 17.7 Å². The molecule has 6 rings (SSSR count). The maximum atomic E-state index is 13.7. The predicted octanol–water partition coefficient (Wildman–Crippen LogP) is 8.48. The van der Waals surface area contributed by atoms with Gasteiger partial charge in [-0.05, 0) is 65.6 Å². The van der Waals surface area contributed by atoms with Gasteiger partial charge in [0.2, 0.25) is 5.13 Å². The molecule has 1 amide bonds. The third kappa shape index (κ3) is 7.35. The third-order valence-corrected chi connectivity index (χ3v) is 9.87. The fraction of sp³-hybridized carbons (Fsp3) is 0.167. The molecule has 0 bridgehead atoms. The molecule has 0 saturated carbocycles. The van der Waals surface area contributed by atoms with Gasteiger partial charge in [0.15, 0.2) is 4.34 Å². The summed E-state index contributed by atoms with van der Waals surface area (Å²) in [6.07, 6.45) is 0.854. The number of thioether (sulfide) groups is 1. The summed E-state index contributed by atoms with van der Waals surface area (Å²) < 4.78 is 12.2. The highest BCUT2D eigenvalue weighted by molar-refractivity contribution is 8.00. The Kier molecular flexibility index (Phi) is 10.2. The van der Waals surface area contributed by atoms with Gasteiger partial charge in [-0.15, -0.1) is 10.2 Å². The van der Waals surface area contributed by atoms with Crippen LogP contribution in [-0.4, -0.2) is 33.6 Å². The summed E-state index contributed by atoms with van der Waals surface area (Å²) in [5.41, 5.74) is 2.90. The average molecular weight is 684 g/mol. The van der Waals surface area contributed by atoms with Gasteiger partial charge in [0.25, 0.3) is 5.78 Å². The Hall–Kier alpha value is -4.64. The first kappa shape index (κ1) is 32.3. The molecule has 11 heteroatoms. The number of hydrogen-bond donors (Lipinski definition) is 1. The second-order valence-corrected chi connectivity index (χ2v) is 13.2. The lowest BCUT2D eigenvalue weighted by Gasteiger charge is -2.22. The highest BCUT2D eigenvalue weighted by Gasteiger charge is 2.48. The average Bonchev–Trinajstić information content (AvgIpc) is 3.68. The molecule has 5 aromatic rings. The number of carbonyl (C=O) groups is 2. The number of amides is 1. The molecule has 1 unspecified atom stereocenters. The van der Waals surface area contributed by atoms with Gasteiger partial charge < -0.3 is 14.6 Å². The minimum Gasteiger partial charge on any atom is -0.507 e. The fourth-order valence-electron chi connectivity index (χ4n) is 5.03. The monoisotopic (exact) mass is 683 g/mol. The van der Waals surface area contributed by atoms with Gasteiger partial charge in [0.1, 0.15) is 23.9 Å². The summed E-state index contributed by atoms with van der Waals surface area (Å²) in [6, 6.07) is 30.3. The normalized spacial score (nSPS) is 15.6. The standard InChI is InChI=1S/C36H30ClN3O5S2/c1-2-20-44-27-18-14-25(15-19-27)32(41)30-31(24-12-16-28(17-13-24)45-21-23-8-4-3-5-9-23)40(34(43)33(30)42)35-38-39-36(47-35)46-22-26-10-6-7-11-29(26)37/h3-19,31,41H,2,20-22H2,1H3/b32-30-. The quantitative estimate of drug-likeness (QED) is 0.0459. The molecule has 1 atom stereocenters. The highest BCUT2D eigenvalue weighted by Crippen LogP contribution is 2.44. The van der Waals surface area contributed by atoms with E-state index in [-0.39, 0.29) is 16.5 Å². The van der Waals surface area contributed by atoms with Crippen LogP contribution in [0.2, 0.25) is 5.02 Å². The van der Waals surface area contributed by atoms with Gasteiger partial charge in [0, 0.05) is 16.3 Å². The Labute approximate surface area is 285 Å². The Balaban J connectivity index is 1.33. The van der Waals surface area contributed by atoms with Crippen molar-refractivity contribution in [3.8, 4) is 11.5 Å². The topological polar surface area (TPSA) is 102 Å². The van der Waals surface area contributed by atoms with Crippen molar-refractivity contribution in [2.75, 3.05) is 11.5 Å². The number of anilines is 1. The van der Waals surface area contributed by atoms with Crippen molar-refractivity contribution in [3.63, 3.8) is 0 Å². The molecule has 4 aromatic carbocycles. The lowest BCUT2D eigenvalue weighted by Crippen LogP contribution is -2.29. The molecular formula is C36H30ClN3O5S2.